The van der Waals surface area contributed by atoms with Crippen LogP contribution in [-0.2, 0) is 16.0 Å². The van der Waals surface area contributed by atoms with Crippen molar-refractivity contribution in [3.63, 3.8) is 0 Å². The van der Waals surface area contributed by atoms with Gasteiger partial charge in [0.25, 0.3) is 11.7 Å². The molecule has 0 saturated carbocycles. The van der Waals surface area contributed by atoms with Crippen LogP contribution < -0.4 is 19.1 Å². The second-order valence-corrected chi connectivity index (χ2v) is 8.18. The summed E-state index contributed by atoms with van der Waals surface area (Å²) in [5, 5.41) is 11.2. The molecule has 3 aliphatic heterocycles. The summed E-state index contributed by atoms with van der Waals surface area (Å²) >= 11 is 0. The van der Waals surface area contributed by atoms with Crippen molar-refractivity contribution in [2.24, 2.45) is 0 Å². The first-order chi connectivity index (χ1) is 16.0. The molecule has 1 N–H and O–H groups in total. The van der Waals surface area contributed by atoms with Gasteiger partial charge in [-0.1, -0.05) is 0 Å². The van der Waals surface area contributed by atoms with Crippen LogP contribution in [0.5, 0.6) is 17.2 Å². The number of carbonyl (C=O) groups is 2. The highest BCUT2D eigenvalue weighted by molar-refractivity contribution is 6.51. The Morgan fingerprint density at radius 1 is 1.03 bits per heavy atom. The molecular weight excluding hydrogens is 426 g/mol. The molecule has 0 spiro atoms. The third kappa shape index (κ3) is 2.98. The molecule has 1 aromatic heterocycles. The Morgan fingerprint density at radius 2 is 1.85 bits per heavy atom. The number of Topliss-reactive ketones (excluding diaryl/α,β-unsaturated/α-hetero) is 1. The summed E-state index contributed by atoms with van der Waals surface area (Å²) in [6.07, 6.45) is 2.20. The smallest absolute Gasteiger partial charge is 0.300 e. The number of amides is 1. The Labute approximate surface area is 188 Å². The Morgan fingerprint density at radius 3 is 2.67 bits per heavy atom. The molecule has 0 bridgehead atoms. The Bertz CT molecular complexity index is 1320. The quantitative estimate of drug-likeness (QED) is 0.370. The lowest BCUT2D eigenvalue weighted by Crippen LogP contribution is -2.29. The monoisotopic (exact) mass is 445 g/mol. The minimum atomic E-state index is -0.941. The van der Waals surface area contributed by atoms with Crippen LogP contribution in [-0.4, -0.2) is 29.7 Å². The van der Waals surface area contributed by atoms with E-state index in [4.69, 9.17) is 18.6 Å². The summed E-state index contributed by atoms with van der Waals surface area (Å²) in [6, 6.07) is 12.6. The molecule has 3 aromatic rings. The van der Waals surface area contributed by atoms with Crippen molar-refractivity contribution < 1.29 is 33.3 Å². The van der Waals surface area contributed by atoms with E-state index in [0.29, 0.717) is 34.9 Å². The SMILES string of the molecule is CC1Cc2cc(/C(O)=C3/C(=O)C(=O)N(c4ccc5c(c4)OCO5)C3c3ccco3)ccc2O1. The highest BCUT2D eigenvalue weighted by atomic mass is 16.7. The van der Waals surface area contributed by atoms with Crippen molar-refractivity contribution in [2.75, 3.05) is 11.7 Å². The number of benzene rings is 2. The number of aliphatic hydroxyl groups is 1. The van der Waals surface area contributed by atoms with E-state index in [-0.39, 0.29) is 24.2 Å². The number of ketones is 1. The van der Waals surface area contributed by atoms with Crippen molar-refractivity contribution in [3.05, 3.63) is 77.3 Å². The lowest BCUT2D eigenvalue weighted by atomic mass is 9.97. The van der Waals surface area contributed by atoms with E-state index in [1.54, 1.807) is 48.5 Å². The fourth-order valence-electron chi connectivity index (χ4n) is 4.57. The number of rotatable bonds is 3. The molecule has 166 valence electrons. The first kappa shape index (κ1) is 19.5. The Kier molecular flexibility index (Phi) is 4.23. The van der Waals surface area contributed by atoms with Gasteiger partial charge in [0.1, 0.15) is 29.4 Å². The topological polar surface area (TPSA) is 98.4 Å². The summed E-state index contributed by atoms with van der Waals surface area (Å²) in [6.45, 7) is 2.05. The first-order valence-corrected chi connectivity index (χ1v) is 10.6. The van der Waals surface area contributed by atoms with Crippen molar-refractivity contribution in [1.82, 2.24) is 0 Å². The maximum Gasteiger partial charge on any atom is 0.300 e. The average Bonchev–Trinajstić information content (AvgIpc) is 3.59. The molecular formula is C25H19NO7. The number of nitrogens with zero attached hydrogens (tertiary/aromatic N) is 1. The van der Waals surface area contributed by atoms with E-state index in [1.807, 2.05) is 6.92 Å². The third-order valence-electron chi connectivity index (χ3n) is 6.06. The van der Waals surface area contributed by atoms with Gasteiger partial charge in [-0.2, -0.15) is 0 Å². The second kappa shape index (κ2) is 7.16. The summed E-state index contributed by atoms with van der Waals surface area (Å²) in [7, 11) is 0. The number of fused-ring (bicyclic) bond motifs is 2. The number of furan rings is 1. The lowest BCUT2D eigenvalue weighted by molar-refractivity contribution is -0.132. The fourth-order valence-corrected chi connectivity index (χ4v) is 4.57. The molecule has 8 heteroatoms. The van der Waals surface area contributed by atoms with Gasteiger partial charge in [-0.3, -0.25) is 14.5 Å². The molecule has 33 heavy (non-hydrogen) atoms. The van der Waals surface area contributed by atoms with E-state index in [2.05, 4.69) is 0 Å². The third-order valence-corrected chi connectivity index (χ3v) is 6.06. The van der Waals surface area contributed by atoms with Crippen LogP contribution >= 0.6 is 0 Å². The summed E-state index contributed by atoms with van der Waals surface area (Å²) in [4.78, 5) is 27.7. The molecule has 2 aromatic carbocycles. The van der Waals surface area contributed by atoms with Gasteiger partial charge in [-0.25, -0.2) is 0 Å². The maximum absolute atomic E-state index is 13.2. The number of anilines is 1. The van der Waals surface area contributed by atoms with Crippen molar-refractivity contribution >= 4 is 23.1 Å². The molecule has 2 atom stereocenters. The Balaban J connectivity index is 1.50. The van der Waals surface area contributed by atoms with Gasteiger partial charge in [0.15, 0.2) is 11.5 Å². The van der Waals surface area contributed by atoms with Crippen molar-refractivity contribution in [1.29, 1.82) is 0 Å². The normalized spacial score (nSPS) is 22.5. The van der Waals surface area contributed by atoms with Gasteiger partial charge < -0.3 is 23.7 Å². The minimum Gasteiger partial charge on any atom is -0.507 e. The van der Waals surface area contributed by atoms with Crippen LogP contribution in [0.3, 0.4) is 0 Å². The Hall–Kier alpha value is -4.20. The molecule has 4 heterocycles. The molecule has 0 radical (unpaired) electrons. The predicted octanol–water partition coefficient (Wildman–Crippen LogP) is 3.96. The van der Waals surface area contributed by atoms with Gasteiger partial charge in [0.2, 0.25) is 6.79 Å². The average molecular weight is 445 g/mol. The zero-order valence-corrected chi connectivity index (χ0v) is 17.6. The summed E-state index contributed by atoms with van der Waals surface area (Å²) < 4.78 is 22.1. The molecule has 8 nitrogen and oxygen atoms in total. The van der Waals surface area contributed by atoms with Crippen LogP contribution in [0.4, 0.5) is 5.69 Å². The minimum absolute atomic E-state index is 0.0390. The highest BCUT2D eigenvalue weighted by Gasteiger charge is 2.48. The molecule has 1 saturated heterocycles. The molecule has 1 fully saturated rings. The maximum atomic E-state index is 13.2. The van der Waals surface area contributed by atoms with Crippen LogP contribution in [0.2, 0.25) is 0 Å². The van der Waals surface area contributed by atoms with E-state index >= 15 is 0 Å². The van der Waals surface area contributed by atoms with Gasteiger partial charge in [0, 0.05) is 23.7 Å². The number of carbonyl (C=O) groups excluding carboxylic acids is 2. The van der Waals surface area contributed by atoms with E-state index in [0.717, 1.165) is 11.3 Å². The van der Waals surface area contributed by atoms with Crippen LogP contribution in [0.25, 0.3) is 5.76 Å². The van der Waals surface area contributed by atoms with Crippen molar-refractivity contribution in [2.45, 2.75) is 25.5 Å². The molecule has 3 aliphatic rings. The summed E-state index contributed by atoms with van der Waals surface area (Å²) in [5.41, 5.74) is 1.76. The highest BCUT2D eigenvalue weighted by Crippen LogP contribution is 2.45. The van der Waals surface area contributed by atoms with E-state index in [9.17, 15) is 14.7 Å². The largest absolute Gasteiger partial charge is 0.507 e. The molecule has 6 rings (SSSR count). The van der Waals surface area contributed by atoms with Gasteiger partial charge in [0.05, 0.1) is 11.8 Å². The van der Waals surface area contributed by atoms with Crippen LogP contribution in [0.1, 0.15) is 29.9 Å². The zero-order valence-electron chi connectivity index (χ0n) is 17.6. The van der Waals surface area contributed by atoms with Crippen LogP contribution in [0.15, 0.2) is 64.8 Å². The molecule has 2 unspecified atom stereocenters. The van der Waals surface area contributed by atoms with Gasteiger partial charge in [-0.05, 0) is 55.0 Å². The number of hydrogen-bond donors (Lipinski definition) is 1. The number of ether oxygens (including phenoxy) is 3. The first-order valence-electron chi connectivity index (χ1n) is 10.6. The molecule has 0 aliphatic carbocycles. The van der Waals surface area contributed by atoms with Gasteiger partial charge >= 0.3 is 0 Å². The summed E-state index contributed by atoms with van der Waals surface area (Å²) in [5.74, 6) is 0.306. The second-order valence-electron chi connectivity index (χ2n) is 8.18. The van der Waals surface area contributed by atoms with E-state index < -0.39 is 17.7 Å². The predicted molar refractivity (Wildman–Crippen MR) is 116 cm³/mol. The number of aliphatic hydroxyl groups excluding tert-OH is 1. The zero-order chi connectivity index (χ0) is 22.7. The van der Waals surface area contributed by atoms with E-state index in [1.165, 1.54) is 11.2 Å². The van der Waals surface area contributed by atoms with Crippen molar-refractivity contribution in [3.8, 4) is 17.2 Å². The number of hydrogen-bond acceptors (Lipinski definition) is 7. The molecule has 1 amide bonds. The van der Waals surface area contributed by atoms with Crippen LogP contribution in [0, 0.1) is 0 Å². The fraction of sp³-hybridized carbons (Fsp3) is 0.200. The van der Waals surface area contributed by atoms with Gasteiger partial charge in [-0.15, -0.1) is 0 Å². The lowest BCUT2D eigenvalue weighted by Gasteiger charge is -2.23. The standard InChI is InChI=1S/C25H19NO7/c1-13-9-15-10-14(4-6-17(15)33-13)23(27)21-22(19-3-2-8-30-19)26(25(29)24(21)28)16-5-7-18-20(11-16)32-12-31-18/h2-8,10-11,13,22,27H,9,12H2,1H3/b23-21-.